The first-order chi connectivity index (χ1) is 19.6. The summed E-state index contributed by atoms with van der Waals surface area (Å²) in [6.07, 6.45) is -0.401. The van der Waals surface area contributed by atoms with E-state index in [0.717, 1.165) is 0 Å². The molecule has 2 aliphatic rings. The summed E-state index contributed by atoms with van der Waals surface area (Å²) in [6, 6.07) is 13.8. The summed E-state index contributed by atoms with van der Waals surface area (Å²) >= 11 is 0. The molecule has 1 saturated heterocycles. The number of hydrogen-bond donors (Lipinski definition) is 1. The molecule has 0 bridgehead atoms. The van der Waals surface area contributed by atoms with Gasteiger partial charge in [0.05, 0.1) is 28.4 Å². The Bertz CT molecular complexity index is 1810. The first-order valence-electron chi connectivity index (χ1n) is 13.4. The van der Waals surface area contributed by atoms with Crippen molar-refractivity contribution in [1.82, 2.24) is 4.57 Å². The zero-order valence-corrected chi connectivity index (χ0v) is 24.4. The second-order valence-corrected chi connectivity index (χ2v) is 11.4. The predicted molar refractivity (Wildman–Crippen MR) is 148 cm³/mol. The van der Waals surface area contributed by atoms with E-state index in [1.54, 1.807) is 76.2 Å². The van der Waals surface area contributed by atoms with Crippen LogP contribution in [0.15, 0.2) is 53.5 Å². The van der Waals surface area contributed by atoms with E-state index < -0.39 is 58.8 Å². The number of fused-ring (bicyclic) bond motifs is 2. The lowest BCUT2D eigenvalue weighted by atomic mass is 9.69. The number of aromatic nitrogens is 1. The van der Waals surface area contributed by atoms with Crippen molar-refractivity contribution in [2.45, 2.75) is 77.6 Å². The Labute approximate surface area is 241 Å². The molecular weight excluding hydrogens is 544 g/mol. The Morgan fingerprint density at radius 1 is 0.881 bits per heavy atom. The van der Waals surface area contributed by atoms with Crippen molar-refractivity contribution in [3.05, 3.63) is 64.7 Å². The van der Waals surface area contributed by atoms with Gasteiger partial charge in [-0.05, 0) is 39.8 Å². The number of rotatable bonds is 5. The Hall–Kier alpha value is -4.51. The number of hydrogen-bond acceptors (Lipinski definition) is 9. The maximum atomic E-state index is 13.2. The molecule has 42 heavy (non-hydrogen) atoms. The van der Waals surface area contributed by atoms with Crippen molar-refractivity contribution in [3.63, 3.8) is 0 Å². The number of carbonyl (C=O) groups excluding carboxylic acids is 4. The van der Waals surface area contributed by atoms with E-state index in [0.29, 0.717) is 21.5 Å². The minimum Gasteiger partial charge on any atom is -0.494 e. The summed E-state index contributed by atoms with van der Waals surface area (Å²) in [5.74, 6) is -5.23. The van der Waals surface area contributed by atoms with Gasteiger partial charge in [0.15, 0.2) is 11.2 Å². The molecule has 3 aromatic rings. The molecule has 11 nitrogen and oxygen atoms in total. The fourth-order valence-corrected chi connectivity index (χ4v) is 6.31. The van der Waals surface area contributed by atoms with Gasteiger partial charge in [0, 0.05) is 31.4 Å². The minimum atomic E-state index is -2.14. The molecule has 0 aliphatic carbocycles. The highest BCUT2D eigenvalue weighted by molar-refractivity contribution is 6.25. The number of nitrogens with zero attached hydrogens (tertiary/aromatic N) is 2. The van der Waals surface area contributed by atoms with Crippen LogP contribution in [0.25, 0.3) is 16.5 Å². The smallest absolute Gasteiger partial charge is 0.308 e. The van der Waals surface area contributed by atoms with Gasteiger partial charge in [-0.1, -0.05) is 36.4 Å². The fourth-order valence-electron chi connectivity index (χ4n) is 6.31. The van der Waals surface area contributed by atoms with Crippen LogP contribution in [0.3, 0.4) is 0 Å². The number of esters is 3. The van der Waals surface area contributed by atoms with Crippen LogP contribution in [0.2, 0.25) is 0 Å². The lowest BCUT2D eigenvalue weighted by Crippen LogP contribution is -2.74. The highest BCUT2D eigenvalue weighted by Gasteiger charge is 2.70. The molecule has 1 fully saturated rings. The van der Waals surface area contributed by atoms with Gasteiger partial charge < -0.3 is 24.1 Å². The average Bonchev–Trinajstić information content (AvgIpc) is 3.33. The van der Waals surface area contributed by atoms with Crippen molar-refractivity contribution in [2.24, 2.45) is 4.99 Å². The maximum Gasteiger partial charge on any atom is 0.308 e. The first kappa shape index (κ1) is 29.0. The molecule has 2 aliphatic heterocycles. The van der Waals surface area contributed by atoms with Gasteiger partial charge in [0.25, 0.3) is 5.91 Å². The van der Waals surface area contributed by atoms with E-state index in [1.807, 2.05) is 0 Å². The summed E-state index contributed by atoms with van der Waals surface area (Å²) in [7, 11) is 0. The predicted octanol–water partition coefficient (Wildman–Crippen LogP) is 2.72. The van der Waals surface area contributed by atoms with Crippen molar-refractivity contribution in [3.8, 4) is 5.88 Å². The standard InChI is InChI=1S/C31H32N2O9/c1-17(34)39-29(6)16-31(41-19(3)36,42-28(4,5)30(29,7)40-18(2)35)33-23-15-11-9-13-21(23)25(27(33)38)24-20-12-8-10-14-22(20)32-26(24)37/h8-15,38H,16H2,1-7H3. The third-order valence-electron chi connectivity index (χ3n) is 8.20. The Morgan fingerprint density at radius 2 is 1.48 bits per heavy atom. The molecule has 2 aromatic carbocycles. The van der Waals surface area contributed by atoms with Gasteiger partial charge >= 0.3 is 23.8 Å². The number of ether oxygens (including phenoxy) is 4. The van der Waals surface area contributed by atoms with E-state index in [9.17, 15) is 24.3 Å². The van der Waals surface area contributed by atoms with Crippen LogP contribution < -0.4 is 10.6 Å². The zero-order valence-electron chi connectivity index (χ0n) is 24.4. The van der Waals surface area contributed by atoms with Crippen molar-refractivity contribution < 1.29 is 43.2 Å². The van der Waals surface area contributed by atoms with E-state index >= 15 is 0 Å². The van der Waals surface area contributed by atoms with Crippen LogP contribution in [0.5, 0.6) is 5.88 Å². The lowest BCUT2D eigenvalue weighted by molar-refractivity contribution is -0.411. The molecular formula is C31H32N2O9. The zero-order chi connectivity index (χ0) is 30.8. The first-order valence-corrected chi connectivity index (χ1v) is 13.4. The third kappa shape index (κ3) is 4.18. The number of benzene rings is 2. The number of carbonyl (C=O) groups is 4. The van der Waals surface area contributed by atoms with Crippen molar-refractivity contribution >= 4 is 40.3 Å². The van der Waals surface area contributed by atoms with E-state index in [1.165, 1.54) is 25.3 Å². The number of amides is 1. The quantitative estimate of drug-likeness (QED) is 0.358. The van der Waals surface area contributed by atoms with Crippen LogP contribution in [0.1, 0.15) is 60.5 Å². The highest BCUT2D eigenvalue weighted by Crippen LogP contribution is 2.56. The molecule has 220 valence electrons. The molecule has 0 saturated carbocycles. The van der Waals surface area contributed by atoms with Crippen LogP contribution in [-0.4, -0.2) is 50.3 Å². The molecule has 0 spiro atoms. The Kier molecular flexibility index (Phi) is 6.57. The second-order valence-electron chi connectivity index (χ2n) is 11.4. The molecule has 1 aromatic heterocycles. The van der Waals surface area contributed by atoms with E-state index in [4.69, 9.17) is 18.9 Å². The fraction of sp³-hybridized carbons (Fsp3) is 0.387. The van der Waals surface area contributed by atoms with Crippen LogP contribution in [0.4, 0.5) is 0 Å². The second kappa shape index (κ2) is 9.52. The number of para-hydroxylation sites is 2. The third-order valence-corrected chi connectivity index (χ3v) is 8.20. The summed E-state index contributed by atoms with van der Waals surface area (Å²) in [5.41, 5.74) is -4.05. The molecule has 5 rings (SSSR count). The molecule has 1 amide bonds. The maximum absolute atomic E-state index is 13.2. The van der Waals surface area contributed by atoms with Gasteiger partial charge in [-0.3, -0.25) is 19.2 Å². The average molecular weight is 577 g/mol. The highest BCUT2D eigenvalue weighted by atomic mass is 16.8. The SMILES string of the molecule is CC(=O)OC1(n2c(O)c(C3=c4ccccc4=NC3=O)c3ccccc32)CC(C)(OC(C)=O)C(C)(OC(C)=O)C(C)(C)O1. The van der Waals surface area contributed by atoms with Crippen molar-refractivity contribution in [1.29, 1.82) is 0 Å². The normalized spacial score (nSPS) is 26.4. The number of aromatic hydroxyl groups is 1. The summed E-state index contributed by atoms with van der Waals surface area (Å²) < 4.78 is 25.4. The van der Waals surface area contributed by atoms with Crippen molar-refractivity contribution in [2.75, 3.05) is 0 Å². The summed E-state index contributed by atoms with van der Waals surface area (Å²) in [5, 5.41) is 13.5. The van der Waals surface area contributed by atoms with Gasteiger partial charge in [0.2, 0.25) is 5.88 Å². The van der Waals surface area contributed by atoms with E-state index in [-0.39, 0.29) is 11.1 Å². The summed E-state index contributed by atoms with van der Waals surface area (Å²) in [6.45, 7) is 9.92. The molecule has 0 radical (unpaired) electrons. The molecule has 3 heterocycles. The Balaban J connectivity index is 1.87. The van der Waals surface area contributed by atoms with E-state index in [2.05, 4.69) is 4.99 Å². The minimum absolute atomic E-state index is 0.165. The molecule has 1 N–H and O–H groups in total. The summed E-state index contributed by atoms with van der Waals surface area (Å²) in [4.78, 5) is 54.9. The monoisotopic (exact) mass is 576 g/mol. The topological polar surface area (TPSA) is 143 Å². The Morgan fingerprint density at radius 3 is 2.12 bits per heavy atom. The molecule has 3 atom stereocenters. The largest absolute Gasteiger partial charge is 0.494 e. The van der Waals surface area contributed by atoms with Gasteiger partial charge in [0.1, 0.15) is 5.60 Å². The van der Waals surface area contributed by atoms with Gasteiger partial charge in [-0.25, -0.2) is 9.56 Å². The van der Waals surface area contributed by atoms with Gasteiger partial charge in [-0.15, -0.1) is 0 Å². The van der Waals surface area contributed by atoms with Gasteiger partial charge in [-0.2, -0.15) is 0 Å². The van der Waals surface area contributed by atoms with Crippen LogP contribution in [0, 0.1) is 0 Å². The van der Waals surface area contributed by atoms with Crippen LogP contribution in [-0.2, 0) is 44.0 Å². The lowest BCUT2D eigenvalue weighted by Gasteiger charge is -2.60. The molecule has 11 heteroatoms. The van der Waals surface area contributed by atoms with Crippen LogP contribution >= 0.6 is 0 Å². The molecule has 3 unspecified atom stereocenters.